The summed E-state index contributed by atoms with van der Waals surface area (Å²) in [7, 11) is 0. The van der Waals surface area contributed by atoms with E-state index in [1.54, 1.807) is 0 Å². The van der Waals surface area contributed by atoms with Gasteiger partial charge in [-0.05, 0) is 29.8 Å². The lowest BCUT2D eigenvalue weighted by molar-refractivity contribution is 0.271. The second-order valence-corrected chi connectivity index (χ2v) is 5.38. The number of hydrogen-bond donors (Lipinski definition) is 0. The van der Waals surface area contributed by atoms with E-state index in [1.165, 1.54) is 17.7 Å². The van der Waals surface area contributed by atoms with E-state index in [1.807, 2.05) is 12.1 Å². The van der Waals surface area contributed by atoms with Gasteiger partial charge in [0.05, 0.1) is 0 Å². The fourth-order valence-corrected chi connectivity index (χ4v) is 2.49. The zero-order chi connectivity index (χ0) is 13.7. The molecule has 0 saturated heterocycles. The Kier molecular flexibility index (Phi) is 5.11. The fraction of sp³-hybridized carbons (Fsp3) is 0.250. The predicted octanol–water partition coefficient (Wildman–Crippen LogP) is 4.61. The van der Waals surface area contributed by atoms with Crippen molar-refractivity contribution in [2.75, 3.05) is 6.54 Å². The summed E-state index contributed by atoms with van der Waals surface area (Å²) in [5, 5.41) is 0. The molecule has 0 N–H and O–H groups in total. The lowest BCUT2D eigenvalue weighted by Crippen LogP contribution is -2.22. The maximum atomic E-state index is 13.1. The van der Waals surface area contributed by atoms with E-state index in [4.69, 9.17) is 0 Å². The SMILES string of the molecule is CCN(Cc1ccccc1)Cc1ccc(F)cc1Br. The average molecular weight is 322 g/mol. The Bertz CT molecular complexity index is 528. The van der Waals surface area contributed by atoms with Crippen LogP contribution >= 0.6 is 15.9 Å². The highest BCUT2D eigenvalue weighted by atomic mass is 79.9. The summed E-state index contributed by atoms with van der Waals surface area (Å²) in [6.07, 6.45) is 0. The molecule has 2 aromatic rings. The van der Waals surface area contributed by atoms with Crippen molar-refractivity contribution in [3.63, 3.8) is 0 Å². The first kappa shape index (κ1) is 14.2. The van der Waals surface area contributed by atoms with Gasteiger partial charge in [-0.25, -0.2) is 4.39 Å². The minimum atomic E-state index is -0.207. The first-order valence-electron chi connectivity index (χ1n) is 6.39. The van der Waals surface area contributed by atoms with Gasteiger partial charge in [-0.3, -0.25) is 4.90 Å². The van der Waals surface area contributed by atoms with Crippen molar-refractivity contribution in [1.82, 2.24) is 4.90 Å². The van der Waals surface area contributed by atoms with Crippen molar-refractivity contribution in [1.29, 1.82) is 0 Å². The molecule has 0 fully saturated rings. The van der Waals surface area contributed by atoms with Crippen LogP contribution in [0.2, 0.25) is 0 Å². The molecule has 0 radical (unpaired) electrons. The third-order valence-corrected chi connectivity index (χ3v) is 3.84. The normalized spacial score (nSPS) is 10.9. The molecule has 0 aliphatic rings. The predicted molar refractivity (Wildman–Crippen MR) is 80.3 cm³/mol. The zero-order valence-electron chi connectivity index (χ0n) is 10.9. The van der Waals surface area contributed by atoms with Crippen LogP contribution in [0.4, 0.5) is 4.39 Å². The van der Waals surface area contributed by atoms with Crippen LogP contribution in [-0.4, -0.2) is 11.4 Å². The van der Waals surface area contributed by atoms with Crippen LogP contribution in [0.3, 0.4) is 0 Å². The second kappa shape index (κ2) is 6.83. The molecule has 0 spiro atoms. The molecule has 2 aromatic carbocycles. The molecule has 0 amide bonds. The number of rotatable bonds is 5. The number of halogens is 2. The Balaban J connectivity index is 2.06. The van der Waals surface area contributed by atoms with Gasteiger partial charge >= 0.3 is 0 Å². The fourth-order valence-electron chi connectivity index (χ4n) is 2.01. The first-order valence-corrected chi connectivity index (χ1v) is 7.18. The van der Waals surface area contributed by atoms with E-state index in [9.17, 15) is 4.39 Å². The minimum Gasteiger partial charge on any atom is -0.295 e. The van der Waals surface area contributed by atoms with E-state index >= 15 is 0 Å². The largest absolute Gasteiger partial charge is 0.295 e. The maximum Gasteiger partial charge on any atom is 0.124 e. The highest BCUT2D eigenvalue weighted by Crippen LogP contribution is 2.20. The van der Waals surface area contributed by atoms with Crippen molar-refractivity contribution in [2.24, 2.45) is 0 Å². The van der Waals surface area contributed by atoms with Crippen LogP contribution in [0.1, 0.15) is 18.1 Å². The Morgan fingerprint density at radius 2 is 1.79 bits per heavy atom. The smallest absolute Gasteiger partial charge is 0.124 e. The van der Waals surface area contributed by atoms with Gasteiger partial charge in [-0.2, -0.15) is 0 Å². The second-order valence-electron chi connectivity index (χ2n) is 4.52. The Hall–Kier alpha value is -1.19. The molecule has 0 atom stereocenters. The molecule has 0 aromatic heterocycles. The van der Waals surface area contributed by atoms with Crippen molar-refractivity contribution in [3.8, 4) is 0 Å². The van der Waals surface area contributed by atoms with Crippen molar-refractivity contribution < 1.29 is 4.39 Å². The highest BCUT2D eigenvalue weighted by molar-refractivity contribution is 9.10. The molecule has 0 saturated carbocycles. The molecule has 2 rings (SSSR count). The van der Waals surface area contributed by atoms with Gasteiger partial charge in [-0.15, -0.1) is 0 Å². The molecule has 1 nitrogen and oxygen atoms in total. The summed E-state index contributed by atoms with van der Waals surface area (Å²) in [5.74, 6) is -0.207. The summed E-state index contributed by atoms with van der Waals surface area (Å²) in [6.45, 7) is 4.81. The number of nitrogens with zero attached hydrogens (tertiary/aromatic N) is 1. The Morgan fingerprint density at radius 1 is 1.05 bits per heavy atom. The van der Waals surface area contributed by atoms with E-state index in [2.05, 4.69) is 52.0 Å². The van der Waals surface area contributed by atoms with Crippen LogP contribution < -0.4 is 0 Å². The number of benzene rings is 2. The third-order valence-electron chi connectivity index (χ3n) is 3.11. The van der Waals surface area contributed by atoms with Crippen LogP contribution in [0.15, 0.2) is 53.0 Å². The molecule has 100 valence electrons. The standard InChI is InChI=1S/C16H17BrFN/c1-2-19(11-13-6-4-3-5-7-13)12-14-8-9-15(18)10-16(14)17/h3-10H,2,11-12H2,1H3. The topological polar surface area (TPSA) is 3.24 Å². The molecular formula is C16H17BrFN. The quantitative estimate of drug-likeness (QED) is 0.777. The molecule has 0 aliphatic carbocycles. The van der Waals surface area contributed by atoms with Crippen LogP contribution in [0, 0.1) is 5.82 Å². The Morgan fingerprint density at radius 3 is 2.42 bits per heavy atom. The highest BCUT2D eigenvalue weighted by Gasteiger charge is 2.08. The monoisotopic (exact) mass is 321 g/mol. The van der Waals surface area contributed by atoms with Gasteiger partial charge in [0, 0.05) is 17.6 Å². The van der Waals surface area contributed by atoms with Gasteiger partial charge in [0.2, 0.25) is 0 Å². The summed E-state index contributed by atoms with van der Waals surface area (Å²) < 4.78 is 13.9. The lowest BCUT2D eigenvalue weighted by atomic mass is 10.1. The molecule has 3 heteroatoms. The van der Waals surface area contributed by atoms with Crippen molar-refractivity contribution >= 4 is 15.9 Å². The van der Waals surface area contributed by atoms with Gasteiger partial charge < -0.3 is 0 Å². The molecule has 0 heterocycles. The summed E-state index contributed by atoms with van der Waals surface area (Å²) in [4.78, 5) is 2.33. The van der Waals surface area contributed by atoms with E-state index in [0.29, 0.717) is 0 Å². The molecule has 0 bridgehead atoms. The minimum absolute atomic E-state index is 0.207. The van der Waals surface area contributed by atoms with Gasteiger partial charge in [-0.1, -0.05) is 59.3 Å². The van der Waals surface area contributed by atoms with Gasteiger partial charge in [0.1, 0.15) is 5.82 Å². The van der Waals surface area contributed by atoms with E-state index in [-0.39, 0.29) is 5.82 Å². The molecule has 0 aliphatic heterocycles. The zero-order valence-corrected chi connectivity index (χ0v) is 12.5. The summed E-state index contributed by atoms with van der Waals surface area (Å²) in [6, 6.07) is 15.3. The van der Waals surface area contributed by atoms with Crippen molar-refractivity contribution in [2.45, 2.75) is 20.0 Å². The molecule has 19 heavy (non-hydrogen) atoms. The van der Waals surface area contributed by atoms with Crippen LogP contribution in [0.5, 0.6) is 0 Å². The van der Waals surface area contributed by atoms with E-state index in [0.717, 1.165) is 29.7 Å². The molecular weight excluding hydrogens is 305 g/mol. The van der Waals surface area contributed by atoms with Crippen LogP contribution in [0.25, 0.3) is 0 Å². The van der Waals surface area contributed by atoms with Gasteiger partial charge in [0.15, 0.2) is 0 Å². The van der Waals surface area contributed by atoms with Crippen molar-refractivity contribution in [3.05, 3.63) is 69.9 Å². The summed E-state index contributed by atoms with van der Waals surface area (Å²) >= 11 is 3.42. The maximum absolute atomic E-state index is 13.1. The number of hydrogen-bond acceptors (Lipinski definition) is 1. The lowest BCUT2D eigenvalue weighted by Gasteiger charge is -2.21. The van der Waals surface area contributed by atoms with Gasteiger partial charge in [0.25, 0.3) is 0 Å². The Labute approximate surface area is 122 Å². The molecule has 0 unspecified atom stereocenters. The van der Waals surface area contributed by atoms with E-state index < -0.39 is 0 Å². The average Bonchev–Trinajstić information content (AvgIpc) is 2.42. The summed E-state index contributed by atoms with van der Waals surface area (Å²) in [5.41, 5.74) is 2.40. The van der Waals surface area contributed by atoms with Crippen LogP contribution in [-0.2, 0) is 13.1 Å². The third kappa shape index (κ3) is 4.15. The first-order chi connectivity index (χ1) is 9.19.